The molecule has 1 fully saturated rings. The van der Waals surface area contributed by atoms with E-state index in [-0.39, 0.29) is 17.1 Å². The maximum absolute atomic E-state index is 13.3. The smallest absolute Gasteiger partial charge is 0.306 e. The van der Waals surface area contributed by atoms with Crippen LogP contribution in [-0.2, 0) is 11.3 Å². The third kappa shape index (κ3) is 4.01. The van der Waals surface area contributed by atoms with Gasteiger partial charge in [-0.3, -0.25) is 14.5 Å². The van der Waals surface area contributed by atoms with Gasteiger partial charge in [0.05, 0.1) is 29.5 Å². The molecule has 162 valence electrons. The molecule has 1 saturated heterocycles. The number of ether oxygens (including phenoxy) is 1. The number of carboxylic acids is 1. The molecule has 1 aromatic heterocycles. The summed E-state index contributed by atoms with van der Waals surface area (Å²) in [5.74, 6) is 0.141. The summed E-state index contributed by atoms with van der Waals surface area (Å²) in [7, 11) is 1.59. The molecule has 0 unspecified atom stereocenters. The number of rotatable bonds is 5. The molecule has 2 N–H and O–H groups in total. The normalized spacial score (nSPS) is 15.3. The van der Waals surface area contributed by atoms with Gasteiger partial charge in [0.25, 0.3) is 0 Å². The van der Waals surface area contributed by atoms with Crippen molar-refractivity contribution in [2.24, 2.45) is 5.92 Å². The fourth-order valence-electron chi connectivity index (χ4n) is 4.22. The number of fused-ring (bicyclic) bond motifs is 1. The summed E-state index contributed by atoms with van der Waals surface area (Å²) < 4.78 is 11.3. The van der Waals surface area contributed by atoms with Crippen molar-refractivity contribution < 1.29 is 24.2 Å². The van der Waals surface area contributed by atoms with E-state index in [9.17, 15) is 19.8 Å². The molecule has 0 bridgehead atoms. The molecule has 1 aliphatic heterocycles. The number of phenolic OH excluding ortho intramolecular Hbond substituents is 1. The standard InChI is InChI=1S/C24H25NO6/c1-14-21(15-3-5-17(30-2)6-4-15)22(27)18-7-8-20(26)19(23(18)31-14)13-25-11-9-16(10-12-25)24(28)29/h3-8,16,26H,9-13H2,1-2H3,(H,28,29). The molecule has 0 amide bonds. The van der Waals surface area contributed by atoms with Crippen molar-refractivity contribution in [3.63, 3.8) is 0 Å². The van der Waals surface area contributed by atoms with Crippen LogP contribution in [-0.4, -0.2) is 41.3 Å². The minimum Gasteiger partial charge on any atom is -0.507 e. The molecule has 7 nitrogen and oxygen atoms in total. The third-order valence-electron chi connectivity index (χ3n) is 6.01. The Morgan fingerprint density at radius 1 is 1.16 bits per heavy atom. The van der Waals surface area contributed by atoms with E-state index >= 15 is 0 Å². The number of nitrogens with zero attached hydrogens (tertiary/aromatic N) is 1. The van der Waals surface area contributed by atoms with Gasteiger partial charge < -0.3 is 19.4 Å². The number of aromatic hydroxyl groups is 1. The molecule has 2 aromatic carbocycles. The van der Waals surface area contributed by atoms with Crippen LogP contribution in [0.2, 0.25) is 0 Å². The van der Waals surface area contributed by atoms with Gasteiger partial charge >= 0.3 is 5.97 Å². The number of likely N-dealkylation sites (tertiary alicyclic amines) is 1. The Bertz CT molecular complexity index is 1170. The molecule has 31 heavy (non-hydrogen) atoms. The summed E-state index contributed by atoms with van der Waals surface area (Å²) in [4.78, 5) is 26.6. The topological polar surface area (TPSA) is 100 Å². The number of benzene rings is 2. The molecule has 2 heterocycles. The van der Waals surface area contributed by atoms with Gasteiger partial charge in [0.2, 0.25) is 5.43 Å². The van der Waals surface area contributed by atoms with Gasteiger partial charge in [-0.2, -0.15) is 0 Å². The number of hydrogen-bond donors (Lipinski definition) is 2. The third-order valence-corrected chi connectivity index (χ3v) is 6.01. The predicted octanol–water partition coefficient (Wildman–Crippen LogP) is 3.78. The van der Waals surface area contributed by atoms with Crippen molar-refractivity contribution >= 4 is 16.9 Å². The lowest BCUT2D eigenvalue weighted by Gasteiger charge is -2.30. The number of phenols is 1. The second kappa shape index (κ2) is 8.43. The van der Waals surface area contributed by atoms with Crippen molar-refractivity contribution in [3.05, 3.63) is 57.9 Å². The Labute approximate surface area is 179 Å². The van der Waals surface area contributed by atoms with Gasteiger partial charge in [-0.25, -0.2) is 0 Å². The van der Waals surface area contributed by atoms with Crippen LogP contribution in [0.4, 0.5) is 0 Å². The summed E-state index contributed by atoms with van der Waals surface area (Å²) >= 11 is 0. The highest BCUT2D eigenvalue weighted by molar-refractivity contribution is 5.86. The average molecular weight is 423 g/mol. The van der Waals surface area contributed by atoms with Crippen LogP contribution in [0.25, 0.3) is 22.1 Å². The number of piperidine rings is 1. The van der Waals surface area contributed by atoms with E-state index < -0.39 is 5.97 Å². The van der Waals surface area contributed by atoms with Gasteiger partial charge in [-0.05, 0) is 62.7 Å². The Hall–Kier alpha value is -3.32. The minimum absolute atomic E-state index is 0.0626. The Morgan fingerprint density at radius 2 is 1.84 bits per heavy atom. The van der Waals surface area contributed by atoms with Crippen molar-refractivity contribution in [2.45, 2.75) is 26.3 Å². The fourth-order valence-corrected chi connectivity index (χ4v) is 4.22. The van der Waals surface area contributed by atoms with Gasteiger partial charge in [-0.1, -0.05) is 12.1 Å². The van der Waals surface area contributed by atoms with Crippen LogP contribution in [0.1, 0.15) is 24.2 Å². The molecule has 7 heteroatoms. The predicted molar refractivity (Wildman–Crippen MR) is 117 cm³/mol. The molecular weight excluding hydrogens is 398 g/mol. The molecule has 0 aliphatic carbocycles. The molecular formula is C24H25NO6. The lowest BCUT2D eigenvalue weighted by Crippen LogP contribution is -2.35. The second-order valence-electron chi connectivity index (χ2n) is 7.92. The van der Waals surface area contributed by atoms with E-state index in [1.807, 2.05) is 12.1 Å². The van der Waals surface area contributed by atoms with Crippen LogP contribution >= 0.6 is 0 Å². The molecule has 0 atom stereocenters. The number of aliphatic carboxylic acids is 1. The zero-order valence-electron chi connectivity index (χ0n) is 17.6. The summed E-state index contributed by atoms with van der Waals surface area (Å²) in [6.45, 7) is 3.35. The summed E-state index contributed by atoms with van der Waals surface area (Å²) in [5, 5.41) is 20.1. The van der Waals surface area contributed by atoms with Crippen LogP contribution in [0.5, 0.6) is 11.5 Å². The summed E-state index contributed by atoms with van der Waals surface area (Å²) in [6, 6.07) is 10.3. The van der Waals surface area contributed by atoms with Crippen molar-refractivity contribution in [2.75, 3.05) is 20.2 Å². The van der Waals surface area contributed by atoms with Crippen LogP contribution in [0.3, 0.4) is 0 Å². The van der Waals surface area contributed by atoms with Gasteiger partial charge in [0, 0.05) is 6.54 Å². The molecule has 0 saturated carbocycles. The average Bonchev–Trinajstić information content (AvgIpc) is 2.76. The van der Waals surface area contributed by atoms with Gasteiger partial charge in [-0.15, -0.1) is 0 Å². The van der Waals surface area contributed by atoms with Gasteiger partial charge in [0.1, 0.15) is 22.8 Å². The number of hydrogen-bond acceptors (Lipinski definition) is 6. The molecule has 3 aromatic rings. The van der Waals surface area contributed by atoms with Crippen molar-refractivity contribution in [3.8, 4) is 22.6 Å². The van der Waals surface area contributed by atoms with E-state index in [4.69, 9.17) is 9.15 Å². The van der Waals surface area contributed by atoms with Crippen molar-refractivity contribution in [1.29, 1.82) is 0 Å². The first-order chi connectivity index (χ1) is 14.9. The second-order valence-corrected chi connectivity index (χ2v) is 7.92. The van der Waals surface area contributed by atoms with Gasteiger partial charge in [0.15, 0.2) is 0 Å². The van der Waals surface area contributed by atoms with E-state index in [1.165, 1.54) is 6.07 Å². The van der Waals surface area contributed by atoms with Crippen LogP contribution < -0.4 is 10.2 Å². The lowest BCUT2D eigenvalue weighted by molar-refractivity contribution is -0.143. The fraction of sp³-hybridized carbons (Fsp3) is 0.333. The van der Waals surface area contributed by atoms with Crippen LogP contribution in [0, 0.1) is 12.8 Å². The van der Waals surface area contributed by atoms with E-state index in [1.54, 1.807) is 32.2 Å². The largest absolute Gasteiger partial charge is 0.507 e. The minimum atomic E-state index is -0.764. The molecule has 0 radical (unpaired) electrons. The highest BCUT2D eigenvalue weighted by Gasteiger charge is 2.26. The molecule has 1 aliphatic rings. The maximum Gasteiger partial charge on any atom is 0.306 e. The Morgan fingerprint density at radius 3 is 2.45 bits per heavy atom. The van der Waals surface area contributed by atoms with E-state index in [2.05, 4.69) is 4.90 Å². The highest BCUT2D eigenvalue weighted by atomic mass is 16.5. The first kappa shape index (κ1) is 20.9. The monoisotopic (exact) mass is 423 g/mol. The van der Waals surface area contributed by atoms with Crippen molar-refractivity contribution in [1.82, 2.24) is 4.90 Å². The number of aryl methyl sites for hydroxylation is 1. The lowest BCUT2D eigenvalue weighted by atomic mass is 9.96. The Kier molecular flexibility index (Phi) is 5.69. The molecule has 4 rings (SSSR count). The SMILES string of the molecule is COc1ccc(-c2c(C)oc3c(CN4CCC(C(=O)O)CC4)c(O)ccc3c2=O)cc1. The van der Waals surface area contributed by atoms with Crippen LogP contribution in [0.15, 0.2) is 45.6 Å². The zero-order chi connectivity index (χ0) is 22.1. The summed E-state index contributed by atoms with van der Waals surface area (Å²) in [6.07, 6.45) is 1.12. The molecule has 0 spiro atoms. The zero-order valence-corrected chi connectivity index (χ0v) is 17.6. The maximum atomic E-state index is 13.3. The first-order valence-corrected chi connectivity index (χ1v) is 10.3. The van der Waals surface area contributed by atoms with E-state index in [0.29, 0.717) is 66.1 Å². The highest BCUT2D eigenvalue weighted by Crippen LogP contribution is 2.32. The Balaban J connectivity index is 1.72. The first-order valence-electron chi connectivity index (χ1n) is 10.3. The quantitative estimate of drug-likeness (QED) is 0.644. The number of carboxylic acid groups (broad SMARTS) is 1. The number of methoxy groups -OCH3 is 1. The van der Waals surface area contributed by atoms with E-state index in [0.717, 1.165) is 5.56 Å². The summed E-state index contributed by atoms with van der Waals surface area (Å²) in [5.41, 5.74) is 1.98. The number of carbonyl (C=O) groups is 1.